The maximum atomic E-state index is 13.6. The predicted octanol–water partition coefficient (Wildman–Crippen LogP) is 7.84. The molecule has 2 saturated heterocycles. The van der Waals surface area contributed by atoms with Gasteiger partial charge in [-0.15, -0.1) is 0 Å². The number of aromatic nitrogens is 2. The number of carboxylic acid groups (broad SMARTS) is 1. The zero-order chi connectivity index (χ0) is 36.5. The average molecular weight is 715 g/mol. The lowest BCUT2D eigenvalue weighted by Gasteiger charge is -2.46. The SMILES string of the molecule is COc1cc2nc(C)nc(NC(C)c3cc([N+](=O)[O-])cc(C(F)(F)F)c3)c2cc1OC1CCN(CC2CCC3(CC2)CCN(C(=O)O)CC3)CC1. The topological polar surface area (TPSA) is 143 Å². The number of halogens is 3. The number of hydrogen-bond donors (Lipinski definition) is 2. The number of anilines is 1. The van der Waals surface area contributed by atoms with Crippen molar-refractivity contribution in [3.63, 3.8) is 0 Å². The normalized spacial score (nSPS) is 19.6. The zero-order valence-corrected chi connectivity index (χ0v) is 29.2. The summed E-state index contributed by atoms with van der Waals surface area (Å²) in [5.41, 5.74) is -0.804. The van der Waals surface area contributed by atoms with Crippen molar-refractivity contribution in [2.24, 2.45) is 11.3 Å². The number of piperidine rings is 2. The maximum Gasteiger partial charge on any atom is 0.416 e. The summed E-state index contributed by atoms with van der Waals surface area (Å²) in [6.07, 6.45) is 2.71. The fraction of sp³-hybridized carbons (Fsp3) is 0.583. The number of rotatable bonds is 9. The number of nitro benzene ring substituents is 1. The number of benzene rings is 2. The van der Waals surface area contributed by atoms with Gasteiger partial charge in [0.2, 0.25) is 0 Å². The largest absolute Gasteiger partial charge is 0.493 e. The van der Waals surface area contributed by atoms with Gasteiger partial charge in [0.1, 0.15) is 17.7 Å². The van der Waals surface area contributed by atoms with E-state index in [1.807, 2.05) is 0 Å². The first-order valence-electron chi connectivity index (χ1n) is 17.6. The molecule has 1 spiro atoms. The van der Waals surface area contributed by atoms with Crippen LogP contribution in [0.25, 0.3) is 10.9 Å². The molecule has 3 aliphatic rings. The highest BCUT2D eigenvalue weighted by atomic mass is 19.4. The molecular weight excluding hydrogens is 669 g/mol. The number of non-ortho nitro benzene ring substituents is 1. The number of likely N-dealkylation sites (tertiary alicyclic amines) is 2. The second-order valence-corrected chi connectivity index (χ2v) is 14.4. The highest BCUT2D eigenvalue weighted by Crippen LogP contribution is 2.47. The molecule has 1 atom stereocenters. The number of methoxy groups -OCH3 is 1. The van der Waals surface area contributed by atoms with Gasteiger partial charge in [-0.2, -0.15) is 13.2 Å². The lowest BCUT2D eigenvalue weighted by atomic mass is 9.65. The Morgan fingerprint density at radius 1 is 1.04 bits per heavy atom. The van der Waals surface area contributed by atoms with Gasteiger partial charge in [-0.25, -0.2) is 14.8 Å². The number of aryl methyl sites for hydroxylation is 1. The van der Waals surface area contributed by atoms with Crippen molar-refractivity contribution < 1.29 is 37.5 Å². The van der Waals surface area contributed by atoms with Gasteiger partial charge in [0.05, 0.1) is 29.2 Å². The molecule has 1 amide bonds. The van der Waals surface area contributed by atoms with E-state index >= 15 is 0 Å². The van der Waals surface area contributed by atoms with Gasteiger partial charge < -0.3 is 29.7 Å². The Balaban J connectivity index is 1.10. The quantitative estimate of drug-likeness (QED) is 0.166. The molecule has 2 aliphatic heterocycles. The number of carbonyl (C=O) groups is 1. The summed E-state index contributed by atoms with van der Waals surface area (Å²) < 4.78 is 52.9. The molecule has 1 unspecified atom stereocenters. The van der Waals surface area contributed by atoms with E-state index in [9.17, 15) is 33.2 Å². The molecule has 3 aromatic rings. The standard InChI is InChI=1S/C36H45F3N6O6/c1-22(25-16-26(36(37,38)39)18-27(17-25)45(48)49)40-33-29-19-32(31(50-3)20-30(29)41-23(2)42-33)51-28-6-12-43(13-7-28)21-24-4-8-35(9-5-24)10-14-44(15-11-35)34(46)47/h16-20,22,24,28H,4-15,21H2,1-3H3,(H,46,47)(H,40,41,42). The highest BCUT2D eigenvalue weighted by molar-refractivity contribution is 5.92. The number of nitrogens with one attached hydrogen (secondary N) is 1. The van der Waals surface area contributed by atoms with Crippen LogP contribution in [0.4, 0.5) is 29.5 Å². The third-order valence-corrected chi connectivity index (χ3v) is 11.0. The molecule has 6 rings (SSSR count). The predicted molar refractivity (Wildman–Crippen MR) is 184 cm³/mol. The van der Waals surface area contributed by atoms with Crippen molar-refractivity contribution in [2.45, 2.75) is 83.5 Å². The van der Waals surface area contributed by atoms with Gasteiger partial charge in [0.15, 0.2) is 11.5 Å². The smallest absolute Gasteiger partial charge is 0.416 e. The summed E-state index contributed by atoms with van der Waals surface area (Å²) in [4.78, 5) is 35.1. The minimum atomic E-state index is -4.75. The average Bonchev–Trinajstić information content (AvgIpc) is 3.09. The second kappa shape index (κ2) is 14.7. The van der Waals surface area contributed by atoms with E-state index in [0.717, 1.165) is 57.5 Å². The Labute approximate surface area is 294 Å². The Morgan fingerprint density at radius 3 is 2.33 bits per heavy atom. The van der Waals surface area contributed by atoms with E-state index in [4.69, 9.17) is 9.47 Å². The lowest BCUT2D eigenvalue weighted by Crippen LogP contribution is -2.45. The second-order valence-electron chi connectivity index (χ2n) is 14.4. The molecule has 1 aromatic heterocycles. The van der Waals surface area contributed by atoms with Gasteiger partial charge in [-0.05, 0) is 94.2 Å². The Hall–Kier alpha value is -4.40. The van der Waals surface area contributed by atoms with Crippen molar-refractivity contribution in [2.75, 3.05) is 45.2 Å². The zero-order valence-electron chi connectivity index (χ0n) is 29.2. The van der Waals surface area contributed by atoms with Crippen LogP contribution in [0.15, 0.2) is 30.3 Å². The number of amides is 1. The summed E-state index contributed by atoms with van der Waals surface area (Å²) >= 11 is 0. The number of ether oxygens (including phenoxy) is 2. The maximum absolute atomic E-state index is 13.6. The van der Waals surface area contributed by atoms with E-state index in [2.05, 4.69) is 20.2 Å². The molecule has 1 aliphatic carbocycles. The molecule has 1 saturated carbocycles. The van der Waals surface area contributed by atoms with Crippen LogP contribution in [-0.4, -0.2) is 81.8 Å². The van der Waals surface area contributed by atoms with E-state index in [-0.39, 0.29) is 11.7 Å². The number of alkyl halides is 3. The van der Waals surface area contributed by atoms with Gasteiger partial charge in [-0.3, -0.25) is 10.1 Å². The van der Waals surface area contributed by atoms with Crippen LogP contribution in [-0.2, 0) is 6.18 Å². The summed E-state index contributed by atoms with van der Waals surface area (Å²) in [5, 5.41) is 24.5. The summed E-state index contributed by atoms with van der Waals surface area (Å²) in [7, 11) is 1.55. The van der Waals surface area contributed by atoms with Gasteiger partial charge >= 0.3 is 12.3 Å². The molecular formula is C36H45F3N6O6. The third-order valence-electron chi connectivity index (χ3n) is 11.0. The molecule has 51 heavy (non-hydrogen) atoms. The number of nitro groups is 1. The van der Waals surface area contributed by atoms with E-state index in [0.29, 0.717) is 64.5 Å². The summed E-state index contributed by atoms with van der Waals surface area (Å²) in [5.74, 6) is 2.43. The van der Waals surface area contributed by atoms with Crippen molar-refractivity contribution in [1.82, 2.24) is 19.8 Å². The molecule has 2 aromatic carbocycles. The van der Waals surface area contributed by atoms with Gasteiger partial charge in [0.25, 0.3) is 5.69 Å². The fourth-order valence-corrected chi connectivity index (χ4v) is 7.96. The molecule has 15 heteroatoms. The van der Waals surface area contributed by atoms with Crippen LogP contribution in [0.5, 0.6) is 11.5 Å². The number of nitrogens with zero attached hydrogens (tertiary/aromatic N) is 5. The van der Waals surface area contributed by atoms with Crippen LogP contribution in [0.3, 0.4) is 0 Å². The Morgan fingerprint density at radius 2 is 1.73 bits per heavy atom. The monoisotopic (exact) mass is 714 g/mol. The molecule has 0 radical (unpaired) electrons. The molecule has 12 nitrogen and oxygen atoms in total. The van der Waals surface area contributed by atoms with Crippen LogP contribution in [0, 0.1) is 28.4 Å². The summed E-state index contributed by atoms with van der Waals surface area (Å²) in [6, 6.07) is 5.33. The minimum absolute atomic E-state index is 0.0472. The fourth-order valence-electron chi connectivity index (χ4n) is 7.96. The molecule has 2 N–H and O–H groups in total. The van der Waals surface area contributed by atoms with Crippen molar-refractivity contribution in [1.29, 1.82) is 0 Å². The van der Waals surface area contributed by atoms with Gasteiger partial charge in [0, 0.05) is 56.3 Å². The van der Waals surface area contributed by atoms with E-state index in [1.165, 1.54) is 25.7 Å². The molecule has 0 bridgehead atoms. The molecule has 3 heterocycles. The highest BCUT2D eigenvalue weighted by Gasteiger charge is 2.39. The molecule has 3 fully saturated rings. The van der Waals surface area contributed by atoms with Crippen LogP contribution in [0.1, 0.15) is 81.3 Å². The molecule has 276 valence electrons. The third kappa shape index (κ3) is 8.40. The van der Waals surface area contributed by atoms with Crippen molar-refractivity contribution >= 4 is 28.5 Å². The first kappa shape index (κ1) is 36.4. The Kier molecular flexibility index (Phi) is 10.5. The lowest BCUT2D eigenvalue weighted by molar-refractivity contribution is -0.385. The number of fused-ring (bicyclic) bond motifs is 1. The Bertz CT molecular complexity index is 1750. The van der Waals surface area contributed by atoms with Gasteiger partial charge in [-0.1, -0.05) is 0 Å². The van der Waals surface area contributed by atoms with E-state index in [1.54, 1.807) is 38.0 Å². The summed E-state index contributed by atoms with van der Waals surface area (Å²) in [6.45, 7) is 7.48. The van der Waals surface area contributed by atoms with Crippen LogP contribution < -0.4 is 14.8 Å². The van der Waals surface area contributed by atoms with Crippen molar-refractivity contribution in [3.8, 4) is 11.5 Å². The minimum Gasteiger partial charge on any atom is -0.493 e. The van der Waals surface area contributed by atoms with Crippen molar-refractivity contribution in [3.05, 3.63) is 57.4 Å². The first-order chi connectivity index (χ1) is 24.2. The van der Waals surface area contributed by atoms with Crippen LogP contribution >= 0.6 is 0 Å². The van der Waals surface area contributed by atoms with Crippen LogP contribution in [0.2, 0.25) is 0 Å². The first-order valence-corrected chi connectivity index (χ1v) is 17.6. The number of hydrogen-bond acceptors (Lipinski definition) is 9. The van der Waals surface area contributed by atoms with E-state index < -0.39 is 34.5 Å².